The van der Waals surface area contributed by atoms with Crippen molar-refractivity contribution in [2.45, 2.75) is 38.2 Å². The standard InChI is InChI=1S/C16H24N2O3/c1-11-8-12(9-13(14(11)17)15(19)21-3)18(2)10-16(20)6-4-5-7-16/h8-9,20H,4-7,10,17H2,1-3H3. The zero-order chi connectivity index (χ0) is 15.6. The third-order valence-electron chi connectivity index (χ3n) is 4.28. The topological polar surface area (TPSA) is 75.8 Å². The summed E-state index contributed by atoms with van der Waals surface area (Å²) in [5, 5.41) is 10.5. The Hall–Kier alpha value is -1.75. The van der Waals surface area contributed by atoms with Crippen molar-refractivity contribution in [2.24, 2.45) is 0 Å². The van der Waals surface area contributed by atoms with E-state index < -0.39 is 11.6 Å². The number of carbonyl (C=O) groups excluding carboxylic acids is 1. The van der Waals surface area contributed by atoms with Crippen molar-refractivity contribution in [3.05, 3.63) is 23.3 Å². The largest absolute Gasteiger partial charge is 0.465 e. The molecule has 1 aromatic carbocycles. The normalized spacial score (nSPS) is 16.8. The highest BCUT2D eigenvalue weighted by atomic mass is 16.5. The molecule has 1 aliphatic rings. The Morgan fingerprint density at radius 1 is 1.43 bits per heavy atom. The molecule has 0 saturated heterocycles. The van der Waals surface area contributed by atoms with E-state index in [9.17, 15) is 9.90 Å². The van der Waals surface area contributed by atoms with Crippen molar-refractivity contribution in [1.29, 1.82) is 0 Å². The number of aliphatic hydroxyl groups is 1. The van der Waals surface area contributed by atoms with Gasteiger partial charge in [0.25, 0.3) is 0 Å². The average Bonchev–Trinajstić information content (AvgIpc) is 2.87. The van der Waals surface area contributed by atoms with E-state index in [1.54, 1.807) is 6.07 Å². The SMILES string of the molecule is COC(=O)c1cc(N(C)CC2(O)CCCC2)cc(C)c1N. The van der Waals surface area contributed by atoms with Crippen molar-refractivity contribution in [2.75, 3.05) is 31.3 Å². The average molecular weight is 292 g/mol. The van der Waals surface area contributed by atoms with Crippen LogP contribution in [0.4, 0.5) is 11.4 Å². The zero-order valence-electron chi connectivity index (χ0n) is 13.0. The molecule has 0 unspecified atom stereocenters. The van der Waals surface area contributed by atoms with Gasteiger partial charge in [-0.25, -0.2) is 4.79 Å². The molecule has 21 heavy (non-hydrogen) atoms. The molecular weight excluding hydrogens is 268 g/mol. The molecule has 0 amide bonds. The number of ether oxygens (including phenoxy) is 1. The van der Waals surface area contributed by atoms with Gasteiger partial charge in [0.1, 0.15) is 0 Å². The summed E-state index contributed by atoms with van der Waals surface area (Å²) in [4.78, 5) is 13.8. The van der Waals surface area contributed by atoms with Crippen molar-refractivity contribution >= 4 is 17.3 Å². The minimum Gasteiger partial charge on any atom is -0.465 e. The molecule has 0 aliphatic heterocycles. The Morgan fingerprint density at radius 2 is 2.05 bits per heavy atom. The Labute approximate surface area is 125 Å². The number of esters is 1. The molecule has 5 heteroatoms. The van der Waals surface area contributed by atoms with E-state index in [0.717, 1.165) is 36.9 Å². The van der Waals surface area contributed by atoms with Gasteiger partial charge in [-0.15, -0.1) is 0 Å². The molecule has 0 radical (unpaired) electrons. The number of likely N-dealkylation sites (N-methyl/N-ethyl adjacent to an activating group) is 1. The molecule has 3 N–H and O–H groups in total. The molecule has 0 aromatic heterocycles. The van der Waals surface area contributed by atoms with Crippen molar-refractivity contribution in [3.63, 3.8) is 0 Å². The summed E-state index contributed by atoms with van der Waals surface area (Å²) in [6.07, 6.45) is 3.79. The van der Waals surface area contributed by atoms with E-state index in [1.165, 1.54) is 7.11 Å². The summed E-state index contributed by atoms with van der Waals surface area (Å²) in [5.74, 6) is -0.439. The molecule has 116 valence electrons. The lowest BCUT2D eigenvalue weighted by Gasteiger charge is -2.30. The van der Waals surface area contributed by atoms with Gasteiger partial charge in [-0.05, 0) is 37.5 Å². The first kappa shape index (κ1) is 15.6. The maximum Gasteiger partial charge on any atom is 0.340 e. The summed E-state index contributed by atoms with van der Waals surface area (Å²) in [6, 6.07) is 3.66. The highest BCUT2D eigenvalue weighted by Gasteiger charge is 2.32. The number of anilines is 2. The van der Waals surface area contributed by atoms with Crippen LogP contribution in [-0.2, 0) is 4.74 Å². The minimum absolute atomic E-state index is 0.373. The molecule has 0 atom stereocenters. The van der Waals surface area contributed by atoms with Gasteiger partial charge in [0, 0.05) is 25.0 Å². The lowest BCUT2D eigenvalue weighted by Crippen LogP contribution is -2.39. The van der Waals surface area contributed by atoms with Gasteiger partial charge in [-0.3, -0.25) is 0 Å². The lowest BCUT2D eigenvalue weighted by atomic mass is 10.0. The minimum atomic E-state index is -0.629. The number of hydrogen-bond acceptors (Lipinski definition) is 5. The van der Waals surface area contributed by atoms with Crippen LogP contribution in [0.2, 0.25) is 0 Å². The summed E-state index contributed by atoms with van der Waals surface area (Å²) in [5.41, 5.74) is 7.83. The van der Waals surface area contributed by atoms with E-state index in [-0.39, 0.29) is 0 Å². The van der Waals surface area contributed by atoms with Crippen LogP contribution in [0.3, 0.4) is 0 Å². The van der Waals surface area contributed by atoms with E-state index in [0.29, 0.717) is 17.8 Å². The van der Waals surface area contributed by atoms with Gasteiger partial charge in [0.2, 0.25) is 0 Å². The van der Waals surface area contributed by atoms with Crippen LogP contribution in [-0.4, -0.2) is 37.4 Å². The van der Waals surface area contributed by atoms with E-state index in [2.05, 4.69) is 0 Å². The maximum atomic E-state index is 11.8. The van der Waals surface area contributed by atoms with E-state index >= 15 is 0 Å². The number of nitrogens with two attached hydrogens (primary N) is 1. The zero-order valence-corrected chi connectivity index (χ0v) is 13.0. The molecule has 1 aliphatic carbocycles. The maximum absolute atomic E-state index is 11.8. The van der Waals surface area contributed by atoms with Gasteiger partial charge < -0.3 is 20.5 Å². The van der Waals surface area contributed by atoms with E-state index in [4.69, 9.17) is 10.5 Å². The third-order valence-corrected chi connectivity index (χ3v) is 4.28. The Bertz CT molecular complexity index is 537. The van der Waals surface area contributed by atoms with Crippen LogP contribution >= 0.6 is 0 Å². The molecule has 1 saturated carbocycles. The molecule has 1 aromatic rings. The summed E-state index contributed by atoms with van der Waals surface area (Å²) < 4.78 is 4.77. The molecule has 1 fully saturated rings. The first-order valence-corrected chi connectivity index (χ1v) is 7.28. The van der Waals surface area contributed by atoms with Crippen LogP contribution in [0, 0.1) is 6.92 Å². The second-order valence-electron chi connectivity index (χ2n) is 6.00. The Kier molecular flexibility index (Phi) is 4.42. The van der Waals surface area contributed by atoms with Gasteiger partial charge in [0.15, 0.2) is 0 Å². The number of rotatable bonds is 4. The van der Waals surface area contributed by atoms with Crippen molar-refractivity contribution in [3.8, 4) is 0 Å². The fourth-order valence-electron chi connectivity index (χ4n) is 3.00. The number of carbonyl (C=O) groups is 1. The van der Waals surface area contributed by atoms with Gasteiger partial charge in [-0.1, -0.05) is 12.8 Å². The first-order chi connectivity index (χ1) is 9.86. The molecule has 5 nitrogen and oxygen atoms in total. The number of nitrogens with zero attached hydrogens (tertiary/aromatic N) is 1. The predicted octanol–water partition coefficient (Wildman–Crippen LogP) is 2.11. The van der Waals surface area contributed by atoms with Crippen molar-refractivity contribution in [1.82, 2.24) is 0 Å². The lowest BCUT2D eigenvalue weighted by molar-refractivity contribution is 0.0559. The fourth-order valence-corrected chi connectivity index (χ4v) is 3.00. The summed E-state index contributed by atoms with van der Waals surface area (Å²) in [6.45, 7) is 2.42. The van der Waals surface area contributed by atoms with Gasteiger partial charge >= 0.3 is 5.97 Å². The molecule has 0 heterocycles. The van der Waals surface area contributed by atoms with E-state index in [1.807, 2.05) is 24.9 Å². The highest BCUT2D eigenvalue weighted by Crippen LogP contribution is 2.32. The van der Waals surface area contributed by atoms with Crippen LogP contribution in [0.1, 0.15) is 41.6 Å². The monoisotopic (exact) mass is 292 g/mol. The second-order valence-corrected chi connectivity index (χ2v) is 6.00. The quantitative estimate of drug-likeness (QED) is 0.656. The second kappa shape index (κ2) is 5.93. The number of nitrogen functional groups attached to an aromatic ring is 1. The Morgan fingerprint density at radius 3 is 2.62 bits per heavy atom. The van der Waals surface area contributed by atoms with Crippen LogP contribution in [0.15, 0.2) is 12.1 Å². The molecule has 2 rings (SSSR count). The predicted molar refractivity (Wildman–Crippen MR) is 83.6 cm³/mol. The molecular formula is C16H24N2O3. The highest BCUT2D eigenvalue weighted by molar-refractivity contribution is 5.97. The van der Waals surface area contributed by atoms with Crippen molar-refractivity contribution < 1.29 is 14.6 Å². The fraction of sp³-hybridized carbons (Fsp3) is 0.562. The van der Waals surface area contributed by atoms with Crippen LogP contribution in [0.5, 0.6) is 0 Å². The summed E-state index contributed by atoms with van der Waals surface area (Å²) >= 11 is 0. The number of hydrogen-bond donors (Lipinski definition) is 2. The first-order valence-electron chi connectivity index (χ1n) is 7.28. The smallest absolute Gasteiger partial charge is 0.340 e. The van der Waals surface area contributed by atoms with Gasteiger partial charge in [0.05, 0.1) is 18.3 Å². The van der Waals surface area contributed by atoms with Crippen LogP contribution < -0.4 is 10.6 Å². The number of benzene rings is 1. The third kappa shape index (κ3) is 3.29. The summed E-state index contributed by atoms with van der Waals surface area (Å²) in [7, 11) is 3.26. The number of aryl methyl sites for hydroxylation is 1. The molecule has 0 bridgehead atoms. The number of methoxy groups -OCH3 is 1. The van der Waals surface area contributed by atoms with Crippen LogP contribution in [0.25, 0.3) is 0 Å². The Balaban J connectivity index is 2.26. The molecule has 0 spiro atoms. The van der Waals surface area contributed by atoms with Gasteiger partial charge in [-0.2, -0.15) is 0 Å².